The van der Waals surface area contributed by atoms with Crippen molar-refractivity contribution in [3.8, 4) is 0 Å². The molecule has 1 aromatic carbocycles. The number of esters is 1. The lowest BCUT2D eigenvalue weighted by molar-refractivity contribution is -0.275. The first-order chi connectivity index (χ1) is 11.4. The van der Waals surface area contributed by atoms with E-state index >= 15 is 0 Å². The molecule has 5 nitrogen and oxygen atoms in total. The van der Waals surface area contributed by atoms with Crippen molar-refractivity contribution in [1.29, 1.82) is 0 Å². The van der Waals surface area contributed by atoms with Crippen molar-refractivity contribution in [2.45, 2.75) is 50.6 Å². The SMILES string of the molecule is Cc1cc(=O)cc2c3c1[C@@H]1O[C@H]4C5OC(=O)[C@](CC2)([C@@H]4C)[C@@]3(O)[C@@H]51. The summed E-state index contributed by atoms with van der Waals surface area (Å²) < 4.78 is 12.1. The third kappa shape index (κ3) is 1.04. The first kappa shape index (κ1) is 13.6. The smallest absolute Gasteiger partial charge is 0.316 e. The fourth-order valence-corrected chi connectivity index (χ4v) is 6.65. The maximum Gasteiger partial charge on any atom is 0.316 e. The normalized spacial score (nSPS) is 48.6. The monoisotopic (exact) mass is 326 g/mol. The second kappa shape index (κ2) is 3.60. The van der Waals surface area contributed by atoms with Crippen LogP contribution >= 0.6 is 0 Å². The Morgan fingerprint density at radius 1 is 1.25 bits per heavy atom. The highest BCUT2D eigenvalue weighted by molar-refractivity contribution is 5.84. The quantitative estimate of drug-likeness (QED) is 0.723. The fourth-order valence-electron chi connectivity index (χ4n) is 6.65. The average molecular weight is 326 g/mol. The van der Waals surface area contributed by atoms with E-state index in [0.29, 0.717) is 12.8 Å². The molecule has 1 saturated carbocycles. The molecule has 7 rings (SSSR count). The summed E-state index contributed by atoms with van der Waals surface area (Å²) in [6.45, 7) is 3.90. The Morgan fingerprint density at radius 2 is 2.04 bits per heavy atom. The van der Waals surface area contributed by atoms with Crippen LogP contribution < -0.4 is 5.43 Å². The number of aliphatic hydroxyl groups is 1. The highest BCUT2D eigenvalue weighted by Crippen LogP contribution is 2.75. The van der Waals surface area contributed by atoms with Crippen LogP contribution in [0.1, 0.15) is 41.7 Å². The van der Waals surface area contributed by atoms with Crippen molar-refractivity contribution in [2.75, 3.05) is 0 Å². The van der Waals surface area contributed by atoms with Crippen LogP contribution in [0.15, 0.2) is 16.9 Å². The highest BCUT2D eigenvalue weighted by atomic mass is 16.6. The molecule has 3 aliphatic carbocycles. The zero-order valence-corrected chi connectivity index (χ0v) is 13.5. The van der Waals surface area contributed by atoms with E-state index in [-0.39, 0.29) is 41.5 Å². The van der Waals surface area contributed by atoms with Crippen LogP contribution in [-0.2, 0) is 26.3 Å². The van der Waals surface area contributed by atoms with Gasteiger partial charge in [-0.1, -0.05) is 6.92 Å². The summed E-state index contributed by atoms with van der Waals surface area (Å²) in [7, 11) is 0. The van der Waals surface area contributed by atoms with Gasteiger partial charge in [0.25, 0.3) is 0 Å². The number of aryl methyl sites for hydroxylation is 2. The van der Waals surface area contributed by atoms with Crippen molar-refractivity contribution in [1.82, 2.24) is 0 Å². The van der Waals surface area contributed by atoms with Gasteiger partial charge in [-0.25, -0.2) is 0 Å². The summed E-state index contributed by atoms with van der Waals surface area (Å²) in [5.74, 6) is -0.625. The molecule has 7 atom stereocenters. The van der Waals surface area contributed by atoms with Gasteiger partial charge in [0.05, 0.1) is 18.1 Å². The molecule has 0 aromatic heterocycles. The second-order valence-electron chi connectivity index (χ2n) is 8.13. The molecule has 4 fully saturated rings. The molecular weight excluding hydrogens is 308 g/mol. The summed E-state index contributed by atoms with van der Waals surface area (Å²) in [6.07, 6.45) is 0.281. The van der Waals surface area contributed by atoms with E-state index in [1.165, 1.54) is 0 Å². The van der Waals surface area contributed by atoms with Crippen molar-refractivity contribution < 1.29 is 19.4 Å². The molecule has 5 heteroatoms. The van der Waals surface area contributed by atoms with Crippen molar-refractivity contribution in [2.24, 2.45) is 17.3 Å². The van der Waals surface area contributed by atoms with Crippen LogP contribution in [0.2, 0.25) is 0 Å². The zero-order chi connectivity index (χ0) is 16.6. The van der Waals surface area contributed by atoms with Gasteiger partial charge in [0, 0.05) is 5.92 Å². The number of carbonyl (C=O) groups excluding carboxylic acids is 1. The minimum Gasteiger partial charge on any atom is -0.459 e. The maximum atomic E-state index is 12.9. The Bertz CT molecular complexity index is 907. The summed E-state index contributed by atoms with van der Waals surface area (Å²) in [5, 5.41) is 12.0. The first-order valence-corrected chi connectivity index (χ1v) is 8.68. The molecule has 4 bridgehead atoms. The van der Waals surface area contributed by atoms with E-state index in [9.17, 15) is 14.7 Å². The van der Waals surface area contributed by atoms with Crippen molar-refractivity contribution >= 4 is 5.97 Å². The summed E-state index contributed by atoms with van der Waals surface area (Å²) >= 11 is 0. The van der Waals surface area contributed by atoms with Gasteiger partial charge < -0.3 is 14.6 Å². The molecule has 1 N–H and O–H groups in total. The van der Waals surface area contributed by atoms with Gasteiger partial charge in [-0.2, -0.15) is 0 Å². The largest absolute Gasteiger partial charge is 0.459 e. The molecule has 6 aliphatic rings. The second-order valence-corrected chi connectivity index (χ2v) is 8.13. The van der Waals surface area contributed by atoms with E-state index in [1.54, 1.807) is 12.1 Å². The summed E-state index contributed by atoms with van der Waals surface area (Å²) in [4.78, 5) is 25.1. The summed E-state index contributed by atoms with van der Waals surface area (Å²) in [6, 6.07) is 3.25. The minimum absolute atomic E-state index is 0.0543. The lowest BCUT2D eigenvalue weighted by Gasteiger charge is -2.61. The predicted octanol–water partition coefficient (Wildman–Crippen LogP) is 1.12. The van der Waals surface area contributed by atoms with E-state index in [1.807, 2.05) is 13.8 Å². The number of fused-ring (bicyclic) bond motifs is 2. The van der Waals surface area contributed by atoms with Gasteiger partial charge in [0.1, 0.15) is 17.1 Å². The van der Waals surface area contributed by atoms with Gasteiger partial charge in [0.15, 0.2) is 5.43 Å². The third-order valence-corrected chi connectivity index (χ3v) is 7.49. The Kier molecular flexibility index (Phi) is 2.04. The zero-order valence-electron chi connectivity index (χ0n) is 13.5. The Morgan fingerprint density at radius 3 is 2.83 bits per heavy atom. The molecule has 3 heterocycles. The predicted molar refractivity (Wildman–Crippen MR) is 82.2 cm³/mol. The molecule has 1 spiro atoms. The number of hydrogen-bond donors (Lipinski definition) is 1. The molecule has 124 valence electrons. The Hall–Kier alpha value is -1.72. The molecule has 1 unspecified atom stereocenters. The number of rotatable bonds is 0. The van der Waals surface area contributed by atoms with Crippen LogP contribution in [0.3, 0.4) is 0 Å². The van der Waals surface area contributed by atoms with Crippen LogP contribution in [0, 0.1) is 24.2 Å². The van der Waals surface area contributed by atoms with Crippen LogP contribution in [0.25, 0.3) is 0 Å². The molecule has 3 aliphatic heterocycles. The molecular formula is C19H18O5. The van der Waals surface area contributed by atoms with Crippen LogP contribution in [0.5, 0.6) is 0 Å². The van der Waals surface area contributed by atoms with Crippen LogP contribution in [-0.4, -0.2) is 23.3 Å². The molecule has 0 amide bonds. The Labute approximate surface area is 138 Å². The van der Waals surface area contributed by atoms with Gasteiger partial charge in [-0.3, -0.25) is 9.59 Å². The molecule has 3 saturated heterocycles. The Balaban J connectivity index is 1.83. The van der Waals surface area contributed by atoms with E-state index in [4.69, 9.17) is 9.47 Å². The fraction of sp³-hybridized carbons (Fsp3) is 0.579. The third-order valence-electron chi connectivity index (χ3n) is 7.49. The van der Waals surface area contributed by atoms with E-state index < -0.39 is 11.0 Å². The lowest BCUT2D eigenvalue weighted by Crippen LogP contribution is -2.72. The number of hydrogen-bond acceptors (Lipinski definition) is 5. The number of ether oxygens (including phenoxy) is 2. The standard InChI is InChI=1S/C19H18O5/c1-7-5-10(20)6-9-3-4-18-8(2)14-16(24-17(18)21)13-15(23-14)11(7)12(9)19(13,18)22/h5-6,8,13-16,22H,3-4H2,1-2H3/t8-,13-,14-,15+,16?,18+,19+/m1/s1. The van der Waals surface area contributed by atoms with Crippen molar-refractivity contribution in [3.05, 3.63) is 44.6 Å². The average Bonchev–Trinajstić information content (AvgIpc) is 2.93. The van der Waals surface area contributed by atoms with Crippen molar-refractivity contribution in [3.63, 3.8) is 0 Å². The van der Waals surface area contributed by atoms with Gasteiger partial charge in [-0.05, 0) is 54.2 Å². The maximum absolute atomic E-state index is 12.9. The van der Waals surface area contributed by atoms with Crippen LogP contribution in [0.4, 0.5) is 0 Å². The van der Waals surface area contributed by atoms with E-state index in [2.05, 4.69) is 0 Å². The first-order valence-electron chi connectivity index (χ1n) is 8.68. The summed E-state index contributed by atoms with van der Waals surface area (Å²) in [5.41, 5.74) is 1.14. The van der Waals surface area contributed by atoms with E-state index in [0.717, 1.165) is 22.3 Å². The molecule has 1 aromatic rings. The molecule has 0 radical (unpaired) electrons. The molecule has 24 heavy (non-hydrogen) atoms. The lowest BCUT2D eigenvalue weighted by atomic mass is 9.47. The topological polar surface area (TPSA) is 72.8 Å². The van der Waals surface area contributed by atoms with Gasteiger partial charge >= 0.3 is 5.97 Å². The number of carbonyl (C=O) groups is 1. The van der Waals surface area contributed by atoms with Gasteiger partial charge in [-0.15, -0.1) is 0 Å². The highest BCUT2D eigenvalue weighted by Gasteiger charge is 2.83. The minimum atomic E-state index is -1.27. The van der Waals surface area contributed by atoms with Gasteiger partial charge in [0.2, 0.25) is 0 Å².